The molecule has 36 heteroatoms. The Bertz CT molecular complexity index is 5590. The molecule has 0 bridgehead atoms. The van der Waals surface area contributed by atoms with Crippen molar-refractivity contribution in [3.05, 3.63) is 212 Å². The maximum absolute atomic E-state index is 15.3. The number of halogens is 15. The van der Waals surface area contributed by atoms with Gasteiger partial charge in [0, 0.05) is 122 Å². The van der Waals surface area contributed by atoms with Gasteiger partial charge in [-0.3, -0.25) is 17.6 Å². The molecule has 1 spiro atoms. The molecule has 3 aromatic carbocycles. The van der Waals surface area contributed by atoms with E-state index in [9.17, 15) is 48.3 Å². The Hall–Kier alpha value is -9.99. The van der Waals surface area contributed by atoms with Crippen LogP contribution in [0.25, 0.3) is 22.6 Å². The summed E-state index contributed by atoms with van der Waals surface area (Å²) in [4.78, 5) is 18.5. The molecule has 6 fully saturated rings. The number of pyridine rings is 4. The molecule has 5 aliphatic heterocycles. The van der Waals surface area contributed by atoms with Gasteiger partial charge in [-0.1, -0.05) is 95.5 Å². The number of benzene rings is 3. The van der Waals surface area contributed by atoms with Crippen molar-refractivity contribution >= 4 is 86.1 Å². The van der Waals surface area contributed by atoms with E-state index in [1.54, 1.807) is 60.0 Å². The number of hydrogen-bond acceptors (Lipinski definition) is 17. The highest BCUT2D eigenvalue weighted by Crippen LogP contribution is 2.53. The molecule has 0 N–H and O–H groups in total. The zero-order valence-electron chi connectivity index (χ0n) is 64.4. The molecule has 2 saturated carbocycles. The van der Waals surface area contributed by atoms with Crippen molar-refractivity contribution in [2.24, 2.45) is 11.8 Å². The van der Waals surface area contributed by atoms with E-state index in [-0.39, 0.29) is 56.4 Å². The second-order valence-corrected chi connectivity index (χ2v) is 32.7. The molecule has 19 rings (SSSR count). The van der Waals surface area contributed by atoms with Crippen molar-refractivity contribution in [2.75, 3.05) is 97.1 Å². The van der Waals surface area contributed by atoms with E-state index in [4.69, 9.17) is 44.3 Å². The van der Waals surface area contributed by atoms with E-state index in [1.807, 2.05) is 56.8 Å². The van der Waals surface area contributed by atoms with E-state index in [0.717, 1.165) is 87.2 Å². The highest BCUT2D eigenvalue weighted by molar-refractivity contribution is 6.37. The summed E-state index contributed by atoms with van der Waals surface area (Å²) in [6.07, 6.45) is 4.36. The van der Waals surface area contributed by atoms with Crippen molar-refractivity contribution in [1.82, 2.24) is 68.4 Å². The summed E-state index contributed by atoms with van der Waals surface area (Å²) < 4.78 is 179. The van der Waals surface area contributed by atoms with Crippen LogP contribution in [0, 0.1) is 23.5 Å². The topological polar surface area (TPSA) is 181 Å². The fourth-order valence-electron chi connectivity index (χ4n) is 16.8. The number of piperidine rings is 3. The van der Waals surface area contributed by atoms with Crippen LogP contribution in [-0.4, -0.2) is 153 Å². The summed E-state index contributed by atoms with van der Waals surface area (Å²) in [5.74, 6) is 2.61. The van der Waals surface area contributed by atoms with Gasteiger partial charge in [0.15, 0.2) is 28.3 Å². The first-order valence-corrected chi connectivity index (χ1v) is 40.3. The Kier molecular flexibility index (Phi) is 22.6. The summed E-state index contributed by atoms with van der Waals surface area (Å²) >= 11 is 19.6. The third-order valence-corrected chi connectivity index (χ3v) is 24.4. The van der Waals surface area contributed by atoms with Gasteiger partial charge in [-0.2, -0.15) is 39.5 Å². The lowest BCUT2D eigenvalue weighted by molar-refractivity contribution is -0.137. The quantitative estimate of drug-likeness (QED) is 0.0937. The maximum atomic E-state index is 15.3. The lowest BCUT2D eigenvalue weighted by Crippen LogP contribution is -2.47. The largest absolute Gasteiger partial charge is 0.494 e. The molecule has 2 aliphatic carbocycles. The van der Waals surface area contributed by atoms with Crippen LogP contribution in [0.5, 0.6) is 5.75 Å². The molecule has 622 valence electrons. The fraction of sp³-hybridized carbons (Fsp3) is 0.439. The van der Waals surface area contributed by atoms with Crippen LogP contribution in [0.4, 0.5) is 81.4 Å². The van der Waals surface area contributed by atoms with Crippen LogP contribution >= 0.6 is 34.8 Å². The van der Waals surface area contributed by atoms with E-state index in [2.05, 4.69) is 86.5 Å². The summed E-state index contributed by atoms with van der Waals surface area (Å²) in [7, 11) is 1.54. The smallest absolute Gasteiger partial charge is 0.422 e. The summed E-state index contributed by atoms with van der Waals surface area (Å²) in [5, 5.41) is 32.8. The minimum absolute atomic E-state index is 0.0950. The van der Waals surface area contributed by atoms with Gasteiger partial charge in [-0.25, -0.2) is 23.1 Å². The number of fused-ring (bicyclic) bond motifs is 6. The number of methoxy groups -OCH3 is 1. The minimum atomic E-state index is -4.53. The van der Waals surface area contributed by atoms with Gasteiger partial charge >= 0.3 is 18.5 Å². The van der Waals surface area contributed by atoms with Crippen LogP contribution in [-0.2, 0) is 53.5 Å². The Morgan fingerprint density at radius 1 is 0.466 bits per heavy atom. The lowest BCUT2D eigenvalue weighted by Gasteiger charge is -2.41. The fourth-order valence-corrected chi connectivity index (χ4v) is 17.7. The van der Waals surface area contributed by atoms with Crippen molar-refractivity contribution in [2.45, 2.75) is 145 Å². The summed E-state index contributed by atoms with van der Waals surface area (Å²) in [6.45, 7) is 9.87. The highest BCUT2D eigenvalue weighted by Gasteiger charge is 2.51. The number of hydrogen-bond donors (Lipinski definition) is 0. The van der Waals surface area contributed by atoms with Gasteiger partial charge in [0.25, 0.3) is 0 Å². The Labute approximate surface area is 684 Å². The average molecular weight is 1700 g/mol. The van der Waals surface area contributed by atoms with Gasteiger partial charge in [0.1, 0.15) is 74.1 Å². The molecule has 0 atom stereocenters. The van der Waals surface area contributed by atoms with Crippen molar-refractivity contribution in [1.29, 1.82) is 0 Å². The number of alkyl halides is 10. The number of piperazine rings is 1. The van der Waals surface area contributed by atoms with Crippen molar-refractivity contribution in [3.63, 3.8) is 0 Å². The summed E-state index contributed by atoms with van der Waals surface area (Å²) in [5.41, 5.74) is 4.36. The van der Waals surface area contributed by atoms with E-state index in [0.29, 0.717) is 128 Å². The third-order valence-electron chi connectivity index (χ3n) is 23.3. The van der Waals surface area contributed by atoms with Crippen LogP contribution in [0.3, 0.4) is 0 Å². The molecule has 12 aromatic rings. The zero-order valence-corrected chi connectivity index (χ0v) is 66.7. The Morgan fingerprint density at radius 3 is 1.36 bits per heavy atom. The molecule has 21 nitrogen and oxygen atoms in total. The molecule has 0 radical (unpaired) electrons. The number of rotatable bonds is 14. The maximum Gasteiger partial charge on any atom is 0.422 e. The second kappa shape index (κ2) is 32.6. The molecule has 0 unspecified atom stereocenters. The van der Waals surface area contributed by atoms with Gasteiger partial charge in [-0.15, -0.1) is 40.8 Å². The van der Waals surface area contributed by atoms with Crippen molar-refractivity contribution in [3.8, 4) is 5.75 Å². The predicted molar refractivity (Wildman–Crippen MR) is 422 cm³/mol. The van der Waals surface area contributed by atoms with Crippen LogP contribution in [0.15, 0.2) is 134 Å². The first-order valence-electron chi connectivity index (χ1n) is 39.1. The number of ether oxygens (including phenoxy) is 2. The van der Waals surface area contributed by atoms with E-state index in [1.165, 1.54) is 62.6 Å². The first-order chi connectivity index (χ1) is 56.4. The SMILES string of the molecule is CC1(C)OC2(CCN(c3ccn4c(CC(F)(F)F)nnc4c3Cl)CC2)c2ccccc21.COc1cnc(N2CCN(c3ccn4c(CC5CC5)nnc4c3C(F)(F)F)CC2)nc1.FC(F)(F)Cc1nnc2c(Cl)c(N3CCC(F)(c4ccccc4)CC3)ccn12.Fc1ccc(C2CCN(c3ccn4c(CC5CC5)nnc4c3Cl)CC2)c(F)c1. The van der Waals surface area contributed by atoms with E-state index >= 15 is 4.39 Å². The molecule has 14 heterocycles. The number of aromatic nitrogens is 14. The highest BCUT2D eigenvalue weighted by atomic mass is 35.5. The normalized spacial score (nSPS) is 18.2. The number of anilines is 5. The molecule has 7 aliphatic rings. The predicted octanol–water partition coefficient (Wildman–Crippen LogP) is 18.0. The van der Waals surface area contributed by atoms with Gasteiger partial charge < -0.3 is 34.0 Å². The van der Waals surface area contributed by atoms with Crippen molar-refractivity contribution < 1.29 is 62.2 Å². The molecular formula is C82H82Cl3F12N19O2. The standard InChI is InChI=1S/C22H22ClF3N4O.C21H21ClF2N4.C20H22F3N7O.C19H17ClF4N4/c1-20(2)14-5-3-4-6-15(14)21(31-20)8-11-29(12-9-21)16-7-10-30-17(13-22(24,25)26)27-28-19(30)18(16)23;22-20-18(7-10-28-19(11-13-1-2-13)25-26-21(20)28)27-8-5-14(6-9-27)16-4-3-15(23)12-17(16)24;1-31-14-11-24-19(25-12-14)29-8-6-28(7-9-29)15-4-5-30-16(10-13-2-3-13)26-27-18(30)17(15)20(21,22)23;20-16-14(6-9-28-15(12-19(22,23)24)25-26-17(16)28)27-10-7-18(21,8-11-27)13-4-2-1-3-5-13/h3-7,10H,8-9,11-13H2,1-2H3;3-4,7,10,12-14H,1-2,5-6,8-9,11H2;4-5,11-13H,2-3,6-10H2,1H3;1-6,9H,7-8,10-12H2. The lowest BCUT2D eigenvalue weighted by atomic mass is 9.82. The Morgan fingerprint density at radius 2 is 0.890 bits per heavy atom. The first kappa shape index (κ1) is 81.7. The zero-order chi connectivity index (χ0) is 82.8. The van der Waals surface area contributed by atoms with Gasteiger partial charge in [-0.05, 0) is 136 Å². The Balaban J connectivity index is 0.000000118. The molecule has 4 saturated heterocycles. The van der Waals surface area contributed by atoms with Crippen LogP contribution in [0.1, 0.15) is 135 Å². The summed E-state index contributed by atoms with van der Waals surface area (Å²) in [6, 6.07) is 28.2. The van der Waals surface area contributed by atoms with Gasteiger partial charge in [0.05, 0.1) is 53.5 Å². The molecule has 9 aromatic heterocycles. The monoisotopic (exact) mass is 1700 g/mol. The minimum Gasteiger partial charge on any atom is -0.494 e. The molecule has 0 amide bonds. The van der Waals surface area contributed by atoms with Gasteiger partial charge in [0.2, 0.25) is 5.95 Å². The average Bonchev–Trinajstić information content (AvgIpc) is 1.57. The molecule has 118 heavy (non-hydrogen) atoms. The van der Waals surface area contributed by atoms with Crippen LogP contribution in [0.2, 0.25) is 15.1 Å². The molecular weight excluding hydrogens is 1620 g/mol. The number of nitrogens with zero attached hydrogens (tertiary/aromatic N) is 19. The van der Waals surface area contributed by atoms with E-state index < -0.39 is 54.2 Å². The second-order valence-electron chi connectivity index (χ2n) is 31.5. The van der Waals surface area contributed by atoms with Crippen LogP contribution < -0.4 is 29.2 Å². The third kappa shape index (κ3) is 17.3.